The quantitative estimate of drug-likeness (QED) is 0.175. The fourth-order valence-corrected chi connectivity index (χ4v) is 3.40. The van der Waals surface area contributed by atoms with E-state index in [4.69, 9.17) is 0 Å². The third-order valence-electron chi connectivity index (χ3n) is 3.23. The van der Waals surface area contributed by atoms with Crippen LogP contribution in [-0.4, -0.2) is 12.1 Å². The lowest BCUT2D eigenvalue weighted by molar-refractivity contribution is -0.104. The minimum absolute atomic E-state index is 0.395. The van der Waals surface area contributed by atoms with Crippen molar-refractivity contribution >= 4 is 78.8 Å². The molecule has 0 amide bonds. The van der Waals surface area contributed by atoms with Crippen LogP contribution in [0.5, 0.6) is 0 Å². The summed E-state index contributed by atoms with van der Waals surface area (Å²) in [6.07, 6.45) is 0.395. The molecule has 0 bridgehead atoms. The van der Waals surface area contributed by atoms with Gasteiger partial charge in [0, 0.05) is 12.7 Å². The highest BCUT2D eigenvalue weighted by Gasteiger charge is 2.14. The van der Waals surface area contributed by atoms with Crippen LogP contribution in [0.2, 0.25) is 0 Å². The lowest BCUT2D eigenvalue weighted by atomic mass is 9.95. The molecule has 0 aromatic heterocycles. The number of carbonyl (C=O) groups is 2. The van der Waals surface area contributed by atoms with Crippen molar-refractivity contribution in [3.05, 3.63) is 55.2 Å². The van der Waals surface area contributed by atoms with Crippen LogP contribution in [0.15, 0.2) is 42.5 Å². The largest absolute Gasteiger partial charge is 0.294 e. The third-order valence-corrected chi connectivity index (χ3v) is 4.57. The van der Waals surface area contributed by atoms with E-state index < -0.39 is 5.78 Å². The van der Waals surface area contributed by atoms with E-state index in [1.54, 1.807) is 0 Å². The molecule has 20 heavy (non-hydrogen) atoms. The number of Topliss-reactive ketones (excluding diaryl/α,β-unsaturated/α-hetero) is 1. The van der Waals surface area contributed by atoms with Gasteiger partial charge in [-0.3, -0.25) is 9.59 Å². The summed E-state index contributed by atoms with van der Waals surface area (Å²) in [5.41, 5.74) is 0.502. The number of hydrogen-bond donors (Lipinski definition) is 0. The summed E-state index contributed by atoms with van der Waals surface area (Å²) in [7, 11) is 0. The molecule has 4 heteroatoms. The van der Waals surface area contributed by atoms with Gasteiger partial charge in [-0.15, -0.1) is 0 Å². The van der Waals surface area contributed by atoms with Gasteiger partial charge >= 0.3 is 0 Å². The molecule has 0 unspecified atom stereocenters. The Morgan fingerprint density at radius 3 is 2.30 bits per heavy atom. The Morgan fingerprint density at radius 2 is 1.55 bits per heavy atom. The molecule has 0 radical (unpaired) electrons. The van der Waals surface area contributed by atoms with E-state index in [1.165, 1.54) is 0 Å². The molecule has 0 saturated heterocycles. The zero-order valence-electron chi connectivity index (χ0n) is 10.2. The first-order valence-corrected chi connectivity index (χ1v) is 8.07. The molecule has 3 aromatic rings. The smallest absolute Gasteiger partial charge is 0.226 e. The van der Waals surface area contributed by atoms with Gasteiger partial charge in [0.1, 0.15) is 0 Å². The molecular formula is C16H8I2O2. The third kappa shape index (κ3) is 2.35. The Morgan fingerprint density at radius 1 is 0.850 bits per heavy atom. The average molecular weight is 486 g/mol. The van der Waals surface area contributed by atoms with Crippen molar-refractivity contribution in [2.75, 3.05) is 0 Å². The van der Waals surface area contributed by atoms with Crippen LogP contribution in [0.3, 0.4) is 0 Å². The van der Waals surface area contributed by atoms with Crippen molar-refractivity contribution in [1.29, 1.82) is 0 Å². The SMILES string of the molecule is O=CC(=O)c1c2ccc(I)cc2cc2ccc(I)cc12. The highest BCUT2D eigenvalue weighted by molar-refractivity contribution is 14.1. The molecule has 0 spiro atoms. The molecule has 0 atom stereocenters. The van der Waals surface area contributed by atoms with Gasteiger partial charge in [-0.1, -0.05) is 12.1 Å². The molecule has 0 N–H and O–H groups in total. The zero-order chi connectivity index (χ0) is 14.3. The molecule has 2 nitrogen and oxygen atoms in total. The maximum Gasteiger partial charge on any atom is 0.226 e. The normalized spacial score (nSPS) is 10.9. The van der Waals surface area contributed by atoms with Gasteiger partial charge in [-0.25, -0.2) is 0 Å². The van der Waals surface area contributed by atoms with E-state index in [0.717, 1.165) is 28.7 Å². The summed E-state index contributed by atoms with van der Waals surface area (Å²) in [5.74, 6) is -0.469. The molecule has 0 aliphatic carbocycles. The molecular weight excluding hydrogens is 478 g/mol. The summed E-state index contributed by atoms with van der Waals surface area (Å²) in [5, 5.41) is 3.63. The lowest BCUT2D eigenvalue weighted by Crippen LogP contribution is -2.02. The van der Waals surface area contributed by atoms with Crippen molar-refractivity contribution in [3.63, 3.8) is 0 Å². The second-order valence-corrected chi connectivity index (χ2v) is 6.96. The maximum absolute atomic E-state index is 12.1. The number of hydrogen-bond acceptors (Lipinski definition) is 2. The first-order chi connectivity index (χ1) is 9.60. The number of fused-ring (bicyclic) bond motifs is 2. The van der Waals surface area contributed by atoms with Crippen LogP contribution < -0.4 is 0 Å². The van der Waals surface area contributed by atoms with Crippen molar-refractivity contribution in [2.24, 2.45) is 0 Å². The van der Waals surface area contributed by atoms with Gasteiger partial charge in [0.05, 0.1) is 0 Å². The highest BCUT2D eigenvalue weighted by Crippen LogP contribution is 2.30. The predicted octanol–water partition coefficient (Wildman–Crippen LogP) is 4.58. The van der Waals surface area contributed by atoms with Crippen LogP contribution in [0.25, 0.3) is 21.5 Å². The zero-order valence-corrected chi connectivity index (χ0v) is 14.5. The molecule has 3 aromatic carbocycles. The fraction of sp³-hybridized carbons (Fsp3) is 0. The number of halogens is 2. The minimum atomic E-state index is -0.469. The number of aldehydes is 1. The van der Waals surface area contributed by atoms with Crippen LogP contribution in [0.4, 0.5) is 0 Å². The molecule has 0 aliphatic heterocycles. The number of rotatable bonds is 2. The summed E-state index contributed by atoms with van der Waals surface area (Å²) in [4.78, 5) is 23.1. The Kier molecular flexibility index (Phi) is 3.76. The number of ketones is 1. The van der Waals surface area contributed by atoms with Crippen LogP contribution in [0.1, 0.15) is 10.4 Å². The molecule has 0 aliphatic rings. The van der Waals surface area contributed by atoms with Crippen LogP contribution in [-0.2, 0) is 4.79 Å². The van der Waals surface area contributed by atoms with Crippen molar-refractivity contribution < 1.29 is 9.59 Å². The lowest BCUT2D eigenvalue weighted by Gasteiger charge is -2.09. The second kappa shape index (κ2) is 5.40. The first-order valence-electron chi connectivity index (χ1n) is 5.91. The van der Waals surface area contributed by atoms with Crippen molar-refractivity contribution in [1.82, 2.24) is 0 Å². The van der Waals surface area contributed by atoms with E-state index in [9.17, 15) is 9.59 Å². The Hall–Kier alpha value is -1.02. The molecule has 0 heterocycles. The second-order valence-electron chi connectivity index (χ2n) is 4.46. The summed E-state index contributed by atoms with van der Waals surface area (Å²) in [6.45, 7) is 0. The minimum Gasteiger partial charge on any atom is -0.294 e. The Balaban J connectivity index is 2.56. The maximum atomic E-state index is 12.1. The van der Waals surface area contributed by atoms with Gasteiger partial charge in [0.2, 0.25) is 5.78 Å². The monoisotopic (exact) mass is 486 g/mol. The van der Waals surface area contributed by atoms with E-state index in [-0.39, 0.29) is 0 Å². The predicted molar refractivity (Wildman–Crippen MR) is 97.3 cm³/mol. The number of carbonyl (C=O) groups excluding carboxylic acids is 2. The van der Waals surface area contributed by atoms with Crippen molar-refractivity contribution in [2.45, 2.75) is 0 Å². The molecule has 98 valence electrons. The standard InChI is InChI=1S/C16H8I2O2/c17-11-3-4-13-10(6-11)5-9-1-2-12(18)7-14(9)16(13)15(20)8-19/h1-8H. The molecule has 0 saturated carbocycles. The van der Waals surface area contributed by atoms with Crippen molar-refractivity contribution in [3.8, 4) is 0 Å². The van der Waals surface area contributed by atoms with E-state index >= 15 is 0 Å². The average Bonchev–Trinajstić information content (AvgIpc) is 2.44. The van der Waals surface area contributed by atoms with E-state index in [0.29, 0.717) is 11.8 Å². The van der Waals surface area contributed by atoms with Crippen LogP contribution in [0, 0.1) is 7.14 Å². The Bertz CT molecular complexity index is 869. The van der Waals surface area contributed by atoms with Gasteiger partial charge in [-0.05, 0) is 97.1 Å². The molecule has 3 rings (SSSR count). The first kappa shape index (κ1) is 13.9. The topological polar surface area (TPSA) is 34.1 Å². The number of benzene rings is 3. The Labute approximate surface area is 142 Å². The van der Waals surface area contributed by atoms with E-state index in [1.807, 2.05) is 36.4 Å². The van der Waals surface area contributed by atoms with Gasteiger partial charge < -0.3 is 0 Å². The highest BCUT2D eigenvalue weighted by atomic mass is 127. The van der Waals surface area contributed by atoms with Gasteiger partial charge in [-0.2, -0.15) is 0 Å². The summed E-state index contributed by atoms with van der Waals surface area (Å²) in [6, 6.07) is 13.9. The van der Waals surface area contributed by atoms with E-state index in [2.05, 4.69) is 51.2 Å². The molecule has 0 fully saturated rings. The summed E-state index contributed by atoms with van der Waals surface area (Å²) < 4.78 is 2.14. The summed E-state index contributed by atoms with van der Waals surface area (Å²) >= 11 is 4.45. The van der Waals surface area contributed by atoms with Gasteiger partial charge in [0.25, 0.3) is 0 Å². The fourth-order valence-electron chi connectivity index (χ4n) is 2.39. The van der Waals surface area contributed by atoms with Crippen LogP contribution >= 0.6 is 45.2 Å². The van der Waals surface area contributed by atoms with Gasteiger partial charge in [0.15, 0.2) is 6.29 Å².